The molecule has 1 atom stereocenters. The van der Waals surface area contributed by atoms with Crippen molar-refractivity contribution in [3.63, 3.8) is 0 Å². The van der Waals surface area contributed by atoms with E-state index < -0.39 is 21.6 Å². The van der Waals surface area contributed by atoms with Gasteiger partial charge < -0.3 is 5.32 Å². The van der Waals surface area contributed by atoms with Crippen molar-refractivity contribution in [3.05, 3.63) is 22.3 Å². The third-order valence-electron chi connectivity index (χ3n) is 3.04. The minimum Gasteiger partial charge on any atom is -0.369 e. The summed E-state index contributed by atoms with van der Waals surface area (Å²) in [7, 11) is -3.04. The average molecular weight is 373 g/mol. The second kappa shape index (κ2) is 5.51. The Bertz CT molecular complexity index is 604. The Morgan fingerprint density at radius 1 is 1.45 bits per heavy atom. The minimum absolute atomic E-state index is 0.0118. The molecule has 112 valence electrons. The van der Waals surface area contributed by atoms with Crippen LogP contribution in [0, 0.1) is 5.92 Å². The van der Waals surface area contributed by atoms with Crippen LogP contribution >= 0.6 is 15.9 Å². The molecule has 2 heterocycles. The number of pyridine rings is 1. The van der Waals surface area contributed by atoms with E-state index in [4.69, 9.17) is 0 Å². The van der Waals surface area contributed by atoms with Gasteiger partial charge in [-0.05, 0) is 34.3 Å². The number of nitrogens with one attached hydrogen (secondary N) is 1. The van der Waals surface area contributed by atoms with Crippen LogP contribution in [0.2, 0.25) is 0 Å². The van der Waals surface area contributed by atoms with Crippen LogP contribution in [-0.2, 0) is 16.0 Å². The van der Waals surface area contributed by atoms with Gasteiger partial charge in [0, 0.05) is 17.2 Å². The molecule has 1 aromatic rings. The van der Waals surface area contributed by atoms with Crippen molar-refractivity contribution < 1.29 is 21.6 Å². The summed E-state index contributed by atoms with van der Waals surface area (Å²) in [6.45, 7) is 0.164. The Balaban J connectivity index is 2.10. The zero-order chi connectivity index (χ0) is 15.0. The molecule has 0 aliphatic carbocycles. The molecule has 0 aromatic carbocycles. The Kier molecular flexibility index (Phi) is 4.29. The van der Waals surface area contributed by atoms with E-state index >= 15 is 0 Å². The molecule has 9 heteroatoms. The van der Waals surface area contributed by atoms with Gasteiger partial charge in [-0.2, -0.15) is 13.2 Å². The van der Waals surface area contributed by atoms with Crippen molar-refractivity contribution in [1.29, 1.82) is 0 Å². The van der Waals surface area contributed by atoms with Crippen LogP contribution in [0.5, 0.6) is 0 Å². The van der Waals surface area contributed by atoms with E-state index in [9.17, 15) is 21.6 Å². The van der Waals surface area contributed by atoms with Crippen LogP contribution in [-0.4, -0.2) is 31.5 Å². The van der Waals surface area contributed by atoms with Gasteiger partial charge in [-0.15, -0.1) is 0 Å². The third kappa shape index (κ3) is 3.85. The molecule has 1 aliphatic rings. The Morgan fingerprint density at radius 3 is 2.70 bits per heavy atom. The molecule has 1 fully saturated rings. The summed E-state index contributed by atoms with van der Waals surface area (Å²) >= 11 is 2.95. The summed E-state index contributed by atoms with van der Waals surface area (Å²) in [6.07, 6.45) is -2.78. The Morgan fingerprint density at radius 2 is 2.15 bits per heavy atom. The van der Waals surface area contributed by atoms with Crippen molar-refractivity contribution in [1.82, 2.24) is 4.98 Å². The lowest BCUT2D eigenvalue weighted by atomic mass is 10.1. The number of halogens is 4. The zero-order valence-electron chi connectivity index (χ0n) is 10.2. The molecule has 1 aromatic heterocycles. The fourth-order valence-electron chi connectivity index (χ4n) is 2.07. The lowest BCUT2D eigenvalue weighted by Crippen LogP contribution is -2.19. The molecule has 1 unspecified atom stereocenters. The first-order valence-corrected chi connectivity index (χ1v) is 8.46. The van der Waals surface area contributed by atoms with E-state index in [0.717, 1.165) is 6.07 Å². The lowest BCUT2D eigenvalue weighted by Gasteiger charge is -2.15. The smallest absolute Gasteiger partial charge is 0.369 e. The summed E-state index contributed by atoms with van der Waals surface area (Å²) in [4.78, 5) is 3.71. The fraction of sp³-hybridized carbons (Fsp3) is 0.545. The standard InChI is InChI=1S/C11H12BrF3N2O2S/c12-8-3-9(11(13,14)15)10(17-5-8)16-4-7-1-2-20(18,19)6-7/h3,5,7H,1-2,4,6H2,(H,16,17). The number of hydrogen-bond acceptors (Lipinski definition) is 4. The highest BCUT2D eigenvalue weighted by atomic mass is 79.9. The van der Waals surface area contributed by atoms with Crippen molar-refractivity contribution in [2.24, 2.45) is 5.92 Å². The molecule has 0 bridgehead atoms. The summed E-state index contributed by atoms with van der Waals surface area (Å²) in [6, 6.07) is 0.945. The molecule has 0 radical (unpaired) electrons. The van der Waals surface area contributed by atoms with Gasteiger partial charge in [0.2, 0.25) is 0 Å². The fourth-order valence-corrected chi connectivity index (χ4v) is 4.26. The highest BCUT2D eigenvalue weighted by Gasteiger charge is 2.35. The van der Waals surface area contributed by atoms with E-state index in [1.165, 1.54) is 6.20 Å². The molecule has 2 rings (SSSR count). The molecule has 20 heavy (non-hydrogen) atoms. The number of anilines is 1. The van der Waals surface area contributed by atoms with Crippen LogP contribution in [0.3, 0.4) is 0 Å². The number of sulfone groups is 1. The van der Waals surface area contributed by atoms with Crippen molar-refractivity contribution in [3.8, 4) is 0 Å². The van der Waals surface area contributed by atoms with Crippen LogP contribution < -0.4 is 5.32 Å². The number of nitrogens with zero attached hydrogens (tertiary/aromatic N) is 1. The molecule has 1 N–H and O–H groups in total. The molecule has 0 saturated carbocycles. The third-order valence-corrected chi connectivity index (χ3v) is 5.32. The predicted octanol–water partition coefficient (Wildman–Crippen LogP) is 2.71. The summed E-state index contributed by atoms with van der Waals surface area (Å²) < 4.78 is 61.4. The normalized spacial score (nSPS) is 21.9. The summed E-state index contributed by atoms with van der Waals surface area (Å²) in [5, 5.41) is 2.61. The second-order valence-electron chi connectivity index (χ2n) is 4.70. The van der Waals surface area contributed by atoms with Gasteiger partial charge in [-0.3, -0.25) is 0 Å². The molecular formula is C11H12BrF3N2O2S. The van der Waals surface area contributed by atoms with E-state index in [1.54, 1.807) is 0 Å². The van der Waals surface area contributed by atoms with Crippen molar-refractivity contribution >= 4 is 31.6 Å². The van der Waals surface area contributed by atoms with Gasteiger partial charge in [-0.25, -0.2) is 13.4 Å². The van der Waals surface area contributed by atoms with E-state index in [2.05, 4.69) is 26.2 Å². The topological polar surface area (TPSA) is 59.1 Å². The first kappa shape index (κ1) is 15.6. The van der Waals surface area contributed by atoms with Crippen molar-refractivity contribution in [2.45, 2.75) is 12.6 Å². The number of hydrogen-bond donors (Lipinski definition) is 1. The molecule has 1 saturated heterocycles. The van der Waals surface area contributed by atoms with Gasteiger partial charge in [0.05, 0.1) is 17.1 Å². The molecule has 0 spiro atoms. The lowest BCUT2D eigenvalue weighted by molar-refractivity contribution is -0.137. The van der Waals surface area contributed by atoms with E-state index in [0.29, 0.717) is 6.42 Å². The molecule has 4 nitrogen and oxygen atoms in total. The maximum atomic E-state index is 12.9. The van der Waals surface area contributed by atoms with Crippen molar-refractivity contribution in [2.75, 3.05) is 23.4 Å². The second-order valence-corrected chi connectivity index (χ2v) is 7.84. The Labute approximate surface area is 122 Å². The summed E-state index contributed by atoms with van der Waals surface area (Å²) in [5.41, 5.74) is -0.868. The first-order valence-electron chi connectivity index (χ1n) is 5.84. The van der Waals surface area contributed by atoms with Crippen LogP contribution in [0.4, 0.5) is 19.0 Å². The van der Waals surface area contributed by atoms with E-state index in [1.807, 2.05) is 0 Å². The average Bonchev–Trinajstić information content (AvgIpc) is 2.66. The molecule has 0 amide bonds. The molecular weight excluding hydrogens is 361 g/mol. The van der Waals surface area contributed by atoms with Crippen LogP contribution in [0.1, 0.15) is 12.0 Å². The SMILES string of the molecule is O=S1(=O)CCC(CNc2ncc(Br)cc2C(F)(F)F)C1. The van der Waals surface area contributed by atoms with Gasteiger partial charge in [0.25, 0.3) is 0 Å². The van der Waals surface area contributed by atoms with Gasteiger partial charge in [0.15, 0.2) is 9.84 Å². The largest absolute Gasteiger partial charge is 0.419 e. The van der Waals surface area contributed by atoms with Gasteiger partial charge >= 0.3 is 6.18 Å². The predicted molar refractivity (Wildman–Crippen MR) is 72.2 cm³/mol. The quantitative estimate of drug-likeness (QED) is 0.885. The summed E-state index contributed by atoms with van der Waals surface area (Å²) in [5.74, 6) is -0.339. The maximum Gasteiger partial charge on any atom is 0.419 e. The minimum atomic E-state index is -4.51. The zero-order valence-corrected chi connectivity index (χ0v) is 12.6. The first-order chi connectivity index (χ1) is 9.17. The monoisotopic (exact) mass is 372 g/mol. The molecule has 1 aliphatic heterocycles. The van der Waals surface area contributed by atoms with Crippen LogP contribution in [0.15, 0.2) is 16.7 Å². The number of aromatic nitrogens is 1. The van der Waals surface area contributed by atoms with Crippen LogP contribution in [0.25, 0.3) is 0 Å². The van der Waals surface area contributed by atoms with E-state index in [-0.39, 0.29) is 34.3 Å². The van der Waals surface area contributed by atoms with Gasteiger partial charge in [0.1, 0.15) is 5.82 Å². The number of alkyl halides is 3. The van der Waals surface area contributed by atoms with Gasteiger partial charge in [-0.1, -0.05) is 0 Å². The highest BCUT2D eigenvalue weighted by Crippen LogP contribution is 2.35. The highest BCUT2D eigenvalue weighted by molar-refractivity contribution is 9.10. The number of rotatable bonds is 3. The Hall–Kier alpha value is -0.830. The maximum absolute atomic E-state index is 12.9.